The normalized spacial score (nSPS) is 14.2. The van der Waals surface area contributed by atoms with Crippen molar-refractivity contribution in [3.8, 4) is 11.5 Å². The molecule has 0 bridgehead atoms. The number of ether oxygens (including phenoxy) is 3. The maximum Gasteiger partial charge on any atom is 0.256 e. The Morgan fingerprint density at radius 1 is 1.00 bits per heavy atom. The Balaban J connectivity index is 1.44. The molecule has 3 aromatic carbocycles. The van der Waals surface area contributed by atoms with Crippen molar-refractivity contribution < 1.29 is 23.8 Å². The van der Waals surface area contributed by atoms with E-state index in [4.69, 9.17) is 14.2 Å². The fourth-order valence-electron chi connectivity index (χ4n) is 4.79. The highest BCUT2D eigenvalue weighted by Gasteiger charge is 2.36. The topological polar surface area (TPSA) is 80.3 Å². The zero-order valence-electron chi connectivity index (χ0n) is 23.1. The first-order valence-corrected chi connectivity index (χ1v) is 13.3. The van der Waals surface area contributed by atoms with Gasteiger partial charge >= 0.3 is 0 Å². The van der Waals surface area contributed by atoms with E-state index in [1.54, 1.807) is 26.2 Å². The van der Waals surface area contributed by atoms with Crippen molar-refractivity contribution >= 4 is 17.5 Å². The molecule has 8 heteroatoms. The van der Waals surface area contributed by atoms with Gasteiger partial charge in [-0.3, -0.25) is 9.59 Å². The van der Waals surface area contributed by atoms with Gasteiger partial charge in [-0.15, -0.1) is 0 Å². The van der Waals surface area contributed by atoms with E-state index in [0.29, 0.717) is 55.4 Å². The van der Waals surface area contributed by atoms with Gasteiger partial charge in [-0.2, -0.15) is 0 Å². The van der Waals surface area contributed by atoms with Crippen molar-refractivity contribution in [2.75, 3.05) is 52.9 Å². The van der Waals surface area contributed by atoms with Crippen molar-refractivity contribution in [1.82, 2.24) is 9.80 Å². The summed E-state index contributed by atoms with van der Waals surface area (Å²) in [5, 5.41) is 3.50. The van der Waals surface area contributed by atoms with Gasteiger partial charge < -0.3 is 29.3 Å². The predicted octanol–water partition coefficient (Wildman–Crippen LogP) is 5.01. The van der Waals surface area contributed by atoms with Crippen LogP contribution < -0.4 is 14.8 Å². The number of hydrogen-bond acceptors (Lipinski definition) is 6. The number of carbonyl (C=O) groups is 2. The summed E-state index contributed by atoms with van der Waals surface area (Å²) in [4.78, 5) is 30.0. The summed E-state index contributed by atoms with van der Waals surface area (Å²) in [6.45, 7) is 4.33. The first-order chi connectivity index (χ1) is 19.0. The largest absolute Gasteiger partial charge is 0.493 e. The molecule has 1 aliphatic heterocycles. The average Bonchev–Trinajstić information content (AvgIpc) is 3.23. The Bertz CT molecular complexity index is 1290. The molecule has 1 N–H and O–H groups in total. The molecule has 1 aliphatic rings. The van der Waals surface area contributed by atoms with Gasteiger partial charge in [-0.05, 0) is 61.7 Å². The molecule has 1 atom stereocenters. The van der Waals surface area contributed by atoms with E-state index in [-0.39, 0.29) is 18.0 Å². The van der Waals surface area contributed by atoms with E-state index >= 15 is 0 Å². The van der Waals surface area contributed by atoms with Gasteiger partial charge in [0, 0.05) is 55.7 Å². The van der Waals surface area contributed by atoms with Crippen LogP contribution in [-0.4, -0.2) is 69.2 Å². The van der Waals surface area contributed by atoms with Crippen LogP contribution in [0.1, 0.15) is 51.4 Å². The zero-order chi connectivity index (χ0) is 27.8. The molecule has 3 aromatic rings. The molecule has 0 saturated carbocycles. The summed E-state index contributed by atoms with van der Waals surface area (Å²) in [6, 6.07) is 20.9. The molecular weight excluding hydrogens is 494 g/mol. The second-order valence-corrected chi connectivity index (χ2v) is 9.43. The molecule has 0 aliphatic carbocycles. The number of rotatable bonds is 13. The molecule has 4 rings (SSSR count). The highest BCUT2D eigenvalue weighted by molar-refractivity contribution is 5.99. The van der Waals surface area contributed by atoms with Gasteiger partial charge in [0.2, 0.25) is 0 Å². The summed E-state index contributed by atoms with van der Waals surface area (Å²) in [6.07, 6.45) is 1.11. The number of amides is 2. The average molecular weight is 532 g/mol. The summed E-state index contributed by atoms with van der Waals surface area (Å²) in [5.41, 5.74) is 4.04. The number of nitrogens with zero attached hydrogens (tertiary/aromatic N) is 2. The molecule has 0 spiro atoms. The molecule has 2 amide bonds. The van der Waals surface area contributed by atoms with Crippen LogP contribution in [-0.2, 0) is 11.2 Å². The lowest BCUT2D eigenvalue weighted by Gasteiger charge is -2.27. The molecule has 1 unspecified atom stereocenters. The Kier molecular flexibility index (Phi) is 9.44. The molecular formula is C31H37N3O5. The highest BCUT2D eigenvalue weighted by Crippen LogP contribution is 2.34. The van der Waals surface area contributed by atoms with Gasteiger partial charge in [0.25, 0.3) is 11.8 Å². The predicted molar refractivity (Wildman–Crippen MR) is 152 cm³/mol. The Labute approximate surface area is 230 Å². The number of fused-ring (bicyclic) bond motifs is 1. The van der Waals surface area contributed by atoms with Crippen molar-refractivity contribution in [3.05, 3.63) is 89.0 Å². The molecule has 206 valence electrons. The number of nitrogens with one attached hydrogen (secondary N) is 1. The van der Waals surface area contributed by atoms with Crippen LogP contribution in [0.2, 0.25) is 0 Å². The summed E-state index contributed by atoms with van der Waals surface area (Å²) < 4.78 is 16.2. The van der Waals surface area contributed by atoms with Crippen molar-refractivity contribution in [2.24, 2.45) is 0 Å². The van der Waals surface area contributed by atoms with Crippen LogP contribution in [0.15, 0.2) is 66.7 Å². The van der Waals surface area contributed by atoms with Gasteiger partial charge in [0.15, 0.2) is 11.5 Å². The van der Waals surface area contributed by atoms with E-state index in [9.17, 15) is 9.59 Å². The van der Waals surface area contributed by atoms with Crippen molar-refractivity contribution in [1.29, 1.82) is 0 Å². The van der Waals surface area contributed by atoms with Crippen LogP contribution in [0.5, 0.6) is 11.5 Å². The SMILES string of the molecule is CCOCCCN1C(=O)c2ccccc2C1Nc1cccc(C(=O)N(C)CCc2ccc(OC)c(OC)c2)c1. The first-order valence-electron chi connectivity index (χ1n) is 13.3. The lowest BCUT2D eigenvalue weighted by molar-refractivity contribution is 0.0708. The first kappa shape index (κ1) is 28.0. The van der Waals surface area contributed by atoms with Crippen molar-refractivity contribution in [2.45, 2.75) is 25.9 Å². The molecule has 8 nitrogen and oxygen atoms in total. The molecule has 0 aromatic heterocycles. The fraction of sp³-hybridized carbons (Fsp3) is 0.355. The Morgan fingerprint density at radius 2 is 1.79 bits per heavy atom. The van der Waals surface area contributed by atoms with E-state index in [1.165, 1.54) is 0 Å². The molecule has 0 fully saturated rings. The Hall–Kier alpha value is -4.04. The molecule has 0 radical (unpaired) electrons. The number of carbonyl (C=O) groups excluding carboxylic acids is 2. The number of benzene rings is 3. The van der Waals surface area contributed by atoms with Crippen molar-refractivity contribution in [3.63, 3.8) is 0 Å². The maximum absolute atomic E-state index is 13.3. The summed E-state index contributed by atoms with van der Waals surface area (Å²) >= 11 is 0. The van der Waals surface area contributed by atoms with E-state index < -0.39 is 0 Å². The third-order valence-corrected chi connectivity index (χ3v) is 6.89. The minimum absolute atomic E-state index is 0.00160. The highest BCUT2D eigenvalue weighted by atomic mass is 16.5. The van der Waals surface area contributed by atoms with Crippen LogP contribution in [0.3, 0.4) is 0 Å². The standard InChI is InChI=1S/C31H37N3O5/c1-5-39-19-9-17-34-29(25-12-6-7-13-26(25)31(34)36)32-24-11-8-10-23(21-24)30(35)33(2)18-16-22-14-15-27(37-3)28(20-22)38-4/h6-8,10-15,20-21,29,32H,5,9,16-19H2,1-4H3. The number of likely N-dealkylation sites (N-methyl/N-ethyl adjacent to an activating group) is 1. The monoisotopic (exact) mass is 531 g/mol. The number of hydrogen-bond donors (Lipinski definition) is 1. The van der Waals surface area contributed by atoms with Gasteiger partial charge in [-0.1, -0.05) is 30.3 Å². The molecule has 0 saturated heterocycles. The summed E-state index contributed by atoms with van der Waals surface area (Å²) in [5.74, 6) is 1.27. The molecule has 39 heavy (non-hydrogen) atoms. The third kappa shape index (κ3) is 6.52. The van der Waals surface area contributed by atoms with E-state index in [1.807, 2.05) is 78.6 Å². The lowest BCUT2D eigenvalue weighted by atomic mass is 10.1. The second kappa shape index (κ2) is 13.2. The van der Waals surface area contributed by atoms with E-state index in [0.717, 1.165) is 23.2 Å². The second-order valence-electron chi connectivity index (χ2n) is 9.43. The van der Waals surface area contributed by atoms with Crippen LogP contribution >= 0.6 is 0 Å². The minimum atomic E-state index is -0.316. The maximum atomic E-state index is 13.3. The number of anilines is 1. The van der Waals surface area contributed by atoms with Gasteiger partial charge in [0.1, 0.15) is 6.17 Å². The minimum Gasteiger partial charge on any atom is -0.493 e. The van der Waals surface area contributed by atoms with Crippen LogP contribution in [0, 0.1) is 0 Å². The zero-order valence-corrected chi connectivity index (χ0v) is 23.1. The van der Waals surface area contributed by atoms with Gasteiger partial charge in [-0.25, -0.2) is 0 Å². The lowest BCUT2D eigenvalue weighted by Crippen LogP contribution is -2.34. The third-order valence-electron chi connectivity index (χ3n) is 6.89. The molecule has 1 heterocycles. The Morgan fingerprint density at radius 3 is 2.56 bits per heavy atom. The van der Waals surface area contributed by atoms with Crippen LogP contribution in [0.25, 0.3) is 0 Å². The summed E-state index contributed by atoms with van der Waals surface area (Å²) in [7, 11) is 5.02. The quantitative estimate of drug-likeness (QED) is 0.312. The fourth-order valence-corrected chi connectivity index (χ4v) is 4.79. The van der Waals surface area contributed by atoms with Gasteiger partial charge in [0.05, 0.1) is 14.2 Å². The smallest absolute Gasteiger partial charge is 0.256 e. The van der Waals surface area contributed by atoms with E-state index in [2.05, 4.69) is 5.32 Å². The van der Waals surface area contributed by atoms with Crippen LogP contribution in [0.4, 0.5) is 5.69 Å². The number of methoxy groups -OCH3 is 2.